The van der Waals surface area contributed by atoms with Gasteiger partial charge in [-0.15, -0.1) is 0 Å². The number of nitrogens with zero attached hydrogens (tertiary/aromatic N) is 2. The molecule has 1 heterocycles. The second-order valence-corrected chi connectivity index (χ2v) is 5.14. The van der Waals surface area contributed by atoms with Gasteiger partial charge in [-0.25, -0.2) is 4.68 Å². The Hall–Kier alpha value is -1.19. The van der Waals surface area contributed by atoms with Crippen LogP contribution in [0.25, 0.3) is 0 Å². The molecule has 0 radical (unpaired) electrons. The van der Waals surface area contributed by atoms with Crippen LogP contribution in [0.5, 0.6) is 5.88 Å². The molecule has 1 aromatic heterocycles. The standard InChI is InChI=1S/C13H23N3O/c1-4-11-12(14)13(16(3)15-11)17-10-7-5-9(2)6-8-10/h9-10H,4-8,14H2,1-3H3. The van der Waals surface area contributed by atoms with Crippen molar-refractivity contribution in [2.45, 2.75) is 52.1 Å². The number of hydrogen-bond donors (Lipinski definition) is 1. The van der Waals surface area contributed by atoms with Crippen molar-refractivity contribution in [2.24, 2.45) is 13.0 Å². The summed E-state index contributed by atoms with van der Waals surface area (Å²) in [5, 5.41) is 4.38. The molecule has 1 aliphatic carbocycles. The molecule has 0 amide bonds. The van der Waals surface area contributed by atoms with E-state index in [0.29, 0.717) is 11.8 Å². The monoisotopic (exact) mass is 237 g/mol. The van der Waals surface area contributed by atoms with E-state index in [-0.39, 0.29) is 0 Å². The summed E-state index contributed by atoms with van der Waals surface area (Å²) in [6, 6.07) is 0. The molecular weight excluding hydrogens is 214 g/mol. The molecule has 4 nitrogen and oxygen atoms in total. The zero-order valence-electron chi connectivity index (χ0n) is 11.1. The maximum absolute atomic E-state index is 6.05. The fourth-order valence-corrected chi connectivity index (χ4v) is 2.48. The van der Waals surface area contributed by atoms with Gasteiger partial charge in [0.1, 0.15) is 11.8 Å². The van der Waals surface area contributed by atoms with Crippen molar-refractivity contribution in [1.29, 1.82) is 0 Å². The van der Waals surface area contributed by atoms with E-state index in [1.807, 2.05) is 7.05 Å². The maximum atomic E-state index is 6.05. The van der Waals surface area contributed by atoms with Crippen LogP contribution in [0.1, 0.15) is 45.2 Å². The first-order chi connectivity index (χ1) is 8.11. The lowest BCUT2D eigenvalue weighted by molar-refractivity contribution is 0.125. The average molecular weight is 237 g/mol. The summed E-state index contributed by atoms with van der Waals surface area (Å²) in [7, 11) is 1.90. The minimum Gasteiger partial charge on any atom is -0.473 e. The third-order valence-corrected chi connectivity index (χ3v) is 3.68. The average Bonchev–Trinajstić information content (AvgIpc) is 2.59. The summed E-state index contributed by atoms with van der Waals surface area (Å²) in [5.74, 6) is 1.59. The Morgan fingerprint density at radius 1 is 1.35 bits per heavy atom. The third-order valence-electron chi connectivity index (χ3n) is 3.68. The van der Waals surface area contributed by atoms with Crippen molar-refractivity contribution in [3.8, 4) is 5.88 Å². The highest BCUT2D eigenvalue weighted by Crippen LogP contribution is 2.31. The van der Waals surface area contributed by atoms with Crippen molar-refractivity contribution < 1.29 is 4.74 Å². The molecule has 0 atom stereocenters. The normalized spacial score (nSPS) is 24.9. The third kappa shape index (κ3) is 2.56. The number of hydrogen-bond acceptors (Lipinski definition) is 3. The van der Waals surface area contributed by atoms with E-state index >= 15 is 0 Å². The highest BCUT2D eigenvalue weighted by Gasteiger charge is 2.22. The molecule has 1 saturated carbocycles. The highest BCUT2D eigenvalue weighted by atomic mass is 16.5. The molecule has 0 unspecified atom stereocenters. The Kier molecular flexibility index (Phi) is 3.60. The molecule has 1 fully saturated rings. The van der Waals surface area contributed by atoms with E-state index in [0.717, 1.165) is 36.8 Å². The second-order valence-electron chi connectivity index (χ2n) is 5.14. The molecule has 96 valence electrons. The maximum Gasteiger partial charge on any atom is 0.236 e. The first kappa shape index (κ1) is 12.3. The summed E-state index contributed by atoms with van der Waals surface area (Å²) < 4.78 is 7.79. The largest absolute Gasteiger partial charge is 0.473 e. The Bertz CT molecular complexity index is 378. The lowest BCUT2D eigenvalue weighted by Crippen LogP contribution is -2.24. The number of nitrogen functional groups attached to an aromatic ring is 1. The fourth-order valence-electron chi connectivity index (χ4n) is 2.48. The van der Waals surface area contributed by atoms with Crippen LogP contribution in [0.4, 0.5) is 5.69 Å². The lowest BCUT2D eigenvalue weighted by atomic mass is 9.89. The zero-order valence-corrected chi connectivity index (χ0v) is 11.1. The van der Waals surface area contributed by atoms with Crippen molar-refractivity contribution >= 4 is 5.69 Å². The number of aryl methyl sites for hydroxylation is 2. The van der Waals surface area contributed by atoms with E-state index in [2.05, 4.69) is 18.9 Å². The Morgan fingerprint density at radius 2 is 2.00 bits per heavy atom. The van der Waals surface area contributed by atoms with Crippen molar-refractivity contribution in [1.82, 2.24) is 9.78 Å². The summed E-state index contributed by atoms with van der Waals surface area (Å²) in [6.45, 7) is 4.37. The minimum atomic E-state index is 0.314. The molecule has 1 aromatic rings. The molecule has 0 aliphatic heterocycles. The van der Waals surface area contributed by atoms with Crippen LogP contribution >= 0.6 is 0 Å². The van der Waals surface area contributed by atoms with Crippen LogP contribution in [0.2, 0.25) is 0 Å². The first-order valence-electron chi connectivity index (χ1n) is 6.59. The predicted octanol–water partition coefficient (Wildman–Crippen LogP) is 2.52. The number of nitrogens with two attached hydrogens (primary N) is 1. The Balaban J connectivity index is 2.05. The van der Waals surface area contributed by atoms with Gasteiger partial charge in [0.25, 0.3) is 0 Å². The number of rotatable bonds is 3. The van der Waals surface area contributed by atoms with Crippen molar-refractivity contribution in [3.05, 3.63) is 5.69 Å². The minimum absolute atomic E-state index is 0.314. The summed E-state index contributed by atoms with van der Waals surface area (Å²) in [6.07, 6.45) is 5.94. The predicted molar refractivity (Wildman–Crippen MR) is 69.0 cm³/mol. The van der Waals surface area contributed by atoms with Crippen molar-refractivity contribution in [3.63, 3.8) is 0 Å². The van der Waals surface area contributed by atoms with Crippen LogP contribution in [0.15, 0.2) is 0 Å². The molecule has 0 saturated heterocycles. The molecular formula is C13H23N3O. The van der Waals surface area contributed by atoms with Gasteiger partial charge in [-0.2, -0.15) is 5.10 Å². The molecule has 1 aliphatic rings. The lowest BCUT2D eigenvalue weighted by Gasteiger charge is -2.26. The molecule has 0 bridgehead atoms. The van der Waals surface area contributed by atoms with Crippen molar-refractivity contribution in [2.75, 3.05) is 5.73 Å². The van der Waals surface area contributed by atoms with Gasteiger partial charge in [0.2, 0.25) is 5.88 Å². The molecule has 17 heavy (non-hydrogen) atoms. The summed E-state index contributed by atoms with van der Waals surface area (Å²) in [4.78, 5) is 0. The molecule has 2 N–H and O–H groups in total. The quantitative estimate of drug-likeness (QED) is 0.879. The topological polar surface area (TPSA) is 53.1 Å². The van der Waals surface area contributed by atoms with E-state index in [1.54, 1.807) is 4.68 Å². The van der Waals surface area contributed by atoms with Crippen LogP contribution < -0.4 is 10.5 Å². The smallest absolute Gasteiger partial charge is 0.236 e. The van der Waals surface area contributed by atoms with Crippen LogP contribution in [-0.2, 0) is 13.5 Å². The molecule has 4 heteroatoms. The van der Waals surface area contributed by atoms with Gasteiger partial charge in [-0.3, -0.25) is 0 Å². The Labute approximate surface area is 103 Å². The van der Waals surface area contributed by atoms with Crippen LogP contribution in [-0.4, -0.2) is 15.9 Å². The Morgan fingerprint density at radius 3 is 2.53 bits per heavy atom. The highest BCUT2D eigenvalue weighted by molar-refractivity contribution is 5.53. The van der Waals surface area contributed by atoms with Crippen LogP contribution in [0, 0.1) is 5.92 Å². The summed E-state index contributed by atoms with van der Waals surface area (Å²) in [5.41, 5.74) is 7.70. The van der Waals surface area contributed by atoms with Gasteiger partial charge in [-0.1, -0.05) is 13.8 Å². The van der Waals surface area contributed by atoms with E-state index in [1.165, 1.54) is 12.8 Å². The van der Waals surface area contributed by atoms with Gasteiger partial charge in [-0.05, 0) is 38.0 Å². The molecule has 2 rings (SSSR count). The van der Waals surface area contributed by atoms with Gasteiger partial charge in [0.05, 0.1) is 5.69 Å². The van der Waals surface area contributed by atoms with Gasteiger partial charge in [0, 0.05) is 7.05 Å². The number of ether oxygens (including phenoxy) is 1. The summed E-state index contributed by atoms with van der Waals surface area (Å²) >= 11 is 0. The first-order valence-corrected chi connectivity index (χ1v) is 6.59. The van der Waals surface area contributed by atoms with E-state index in [4.69, 9.17) is 10.5 Å². The van der Waals surface area contributed by atoms with Gasteiger partial charge in [0.15, 0.2) is 0 Å². The SMILES string of the molecule is CCc1nn(C)c(OC2CCC(C)CC2)c1N. The van der Waals surface area contributed by atoms with Crippen LogP contribution in [0.3, 0.4) is 0 Å². The fraction of sp³-hybridized carbons (Fsp3) is 0.769. The zero-order chi connectivity index (χ0) is 12.4. The van der Waals surface area contributed by atoms with Gasteiger partial charge < -0.3 is 10.5 Å². The van der Waals surface area contributed by atoms with E-state index < -0.39 is 0 Å². The molecule has 0 aromatic carbocycles. The van der Waals surface area contributed by atoms with Gasteiger partial charge >= 0.3 is 0 Å². The molecule has 0 spiro atoms. The second kappa shape index (κ2) is 4.98. The number of aromatic nitrogens is 2. The number of anilines is 1. The van der Waals surface area contributed by atoms with E-state index in [9.17, 15) is 0 Å².